The van der Waals surface area contributed by atoms with Crippen LogP contribution >= 0.6 is 0 Å². The van der Waals surface area contributed by atoms with Crippen LogP contribution in [-0.2, 0) is 11.3 Å². The van der Waals surface area contributed by atoms with Gasteiger partial charge in [0.1, 0.15) is 17.3 Å². The lowest BCUT2D eigenvalue weighted by molar-refractivity contribution is -0.112. The minimum Gasteiger partial charge on any atom is -0.481 e. The second kappa shape index (κ2) is 14.8. The van der Waals surface area contributed by atoms with Crippen molar-refractivity contribution in [3.63, 3.8) is 0 Å². The number of nitrogens with zero attached hydrogens (tertiary/aromatic N) is 3. The average Bonchev–Trinajstić information content (AvgIpc) is 2.93. The number of hydrogen-bond donors (Lipinski definition) is 2. The first-order chi connectivity index (χ1) is 17.9. The van der Waals surface area contributed by atoms with Gasteiger partial charge in [-0.1, -0.05) is 32.1 Å². The number of carbonyl (C=O) groups excluding carboxylic acids is 2. The molecule has 0 atom stereocenters. The summed E-state index contributed by atoms with van der Waals surface area (Å²) in [6.07, 6.45) is 6.32. The molecule has 2 N–H and O–H groups in total. The lowest BCUT2D eigenvalue weighted by atomic mass is 10.1. The van der Waals surface area contributed by atoms with Gasteiger partial charge in [-0.05, 0) is 37.6 Å². The Labute approximate surface area is 217 Å². The Kier molecular flexibility index (Phi) is 11.5. The molecule has 3 rings (SSSR count). The number of amides is 2. The van der Waals surface area contributed by atoms with Gasteiger partial charge < -0.3 is 20.1 Å². The summed E-state index contributed by atoms with van der Waals surface area (Å²) >= 11 is 0. The molecule has 0 radical (unpaired) electrons. The van der Waals surface area contributed by atoms with E-state index in [1.165, 1.54) is 12.4 Å². The van der Waals surface area contributed by atoms with Crippen molar-refractivity contribution in [3.05, 3.63) is 83.2 Å². The van der Waals surface area contributed by atoms with E-state index < -0.39 is 0 Å². The first-order valence-electron chi connectivity index (χ1n) is 11.9. The van der Waals surface area contributed by atoms with Crippen LogP contribution in [0.15, 0.2) is 71.5 Å². The molecule has 0 aliphatic heterocycles. The summed E-state index contributed by atoms with van der Waals surface area (Å²) in [5.74, 6) is 1.26. The van der Waals surface area contributed by atoms with Crippen LogP contribution in [0.4, 0.5) is 5.82 Å². The van der Waals surface area contributed by atoms with Crippen molar-refractivity contribution in [3.8, 4) is 17.4 Å². The number of anilines is 1. The summed E-state index contributed by atoms with van der Waals surface area (Å²) in [6, 6.07) is 12.1. The summed E-state index contributed by atoms with van der Waals surface area (Å²) in [5, 5.41) is 5.61. The van der Waals surface area contributed by atoms with Gasteiger partial charge in [0.05, 0.1) is 12.7 Å². The van der Waals surface area contributed by atoms with E-state index in [1.807, 2.05) is 26.8 Å². The van der Waals surface area contributed by atoms with Crippen molar-refractivity contribution in [1.82, 2.24) is 15.3 Å². The molecule has 194 valence electrons. The maximum absolute atomic E-state index is 12.8. The Morgan fingerprint density at radius 2 is 1.89 bits per heavy atom. The van der Waals surface area contributed by atoms with Crippen LogP contribution in [0.25, 0.3) is 0 Å². The second-order valence-corrected chi connectivity index (χ2v) is 7.38. The monoisotopic (exact) mass is 503 g/mol. The van der Waals surface area contributed by atoms with Gasteiger partial charge in [-0.25, -0.2) is 9.97 Å². The van der Waals surface area contributed by atoms with E-state index in [4.69, 9.17) is 9.47 Å². The third-order valence-corrected chi connectivity index (χ3v) is 5.03. The zero-order chi connectivity index (χ0) is 27.2. The summed E-state index contributed by atoms with van der Waals surface area (Å²) in [6.45, 7) is 7.89. The highest BCUT2D eigenvalue weighted by Crippen LogP contribution is 2.28. The molecule has 2 amide bonds. The number of hydrogen-bond acceptors (Lipinski definition) is 7. The summed E-state index contributed by atoms with van der Waals surface area (Å²) in [5.41, 5.74) is 2.43. The van der Waals surface area contributed by atoms with Gasteiger partial charge in [-0.15, -0.1) is 0 Å². The third kappa shape index (κ3) is 8.28. The largest absolute Gasteiger partial charge is 0.481 e. The van der Waals surface area contributed by atoms with Crippen LogP contribution in [0.2, 0.25) is 0 Å². The molecule has 2 heterocycles. The average molecular weight is 504 g/mol. The van der Waals surface area contributed by atoms with Gasteiger partial charge in [0.25, 0.3) is 11.8 Å². The predicted octanol–water partition coefficient (Wildman–Crippen LogP) is 5.13. The standard InChI is InChI=1S/C26H27N5O4.C2H6/c1-5-19(16-27-3)25(32)31-23-13-20(11-12-28-23)35-22-8-6-7-21(17(22)2)26(33)30-15-18-9-10-24(34-4)29-14-18;1-2/h5-14,16H,15H2,1-4H3,(H,30,33)(H,28,31,32);1-2H3/b19-5+,27-16?;. The fourth-order valence-corrected chi connectivity index (χ4v) is 3.15. The Hall–Kier alpha value is -4.53. The molecule has 9 nitrogen and oxygen atoms in total. The molecule has 9 heteroatoms. The number of rotatable bonds is 9. The number of nitrogens with one attached hydrogen (secondary N) is 2. The first-order valence-corrected chi connectivity index (χ1v) is 11.9. The van der Waals surface area contributed by atoms with Crippen LogP contribution in [0.5, 0.6) is 17.4 Å². The van der Waals surface area contributed by atoms with Crippen molar-refractivity contribution in [2.24, 2.45) is 4.99 Å². The molecule has 37 heavy (non-hydrogen) atoms. The third-order valence-electron chi connectivity index (χ3n) is 5.03. The summed E-state index contributed by atoms with van der Waals surface area (Å²) in [7, 11) is 3.14. The number of carbonyl (C=O) groups is 2. The van der Waals surface area contributed by atoms with Crippen LogP contribution in [0.3, 0.4) is 0 Å². The van der Waals surface area contributed by atoms with Gasteiger partial charge in [-0.2, -0.15) is 0 Å². The number of ether oxygens (including phenoxy) is 2. The lowest BCUT2D eigenvalue weighted by Gasteiger charge is -2.13. The number of aromatic nitrogens is 2. The minimum atomic E-state index is -0.329. The van der Waals surface area contributed by atoms with Crippen molar-refractivity contribution >= 4 is 23.8 Å². The minimum absolute atomic E-state index is 0.233. The van der Waals surface area contributed by atoms with E-state index >= 15 is 0 Å². The Balaban J connectivity index is 0.00000235. The highest BCUT2D eigenvalue weighted by Gasteiger charge is 2.14. The smallest absolute Gasteiger partial charge is 0.258 e. The maximum Gasteiger partial charge on any atom is 0.258 e. The van der Waals surface area contributed by atoms with Crippen LogP contribution in [0, 0.1) is 6.92 Å². The molecular formula is C28H33N5O4. The van der Waals surface area contributed by atoms with E-state index in [-0.39, 0.29) is 11.8 Å². The maximum atomic E-state index is 12.8. The Morgan fingerprint density at radius 1 is 1.11 bits per heavy atom. The van der Waals surface area contributed by atoms with Gasteiger partial charge in [0, 0.05) is 55.5 Å². The second-order valence-electron chi connectivity index (χ2n) is 7.38. The molecule has 0 fully saturated rings. The number of aliphatic imine (C=N–C) groups is 1. The molecule has 3 aromatic rings. The topological polar surface area (TPSA) is 115 Å². The van der Waals surface area contributed by atoms with Crippen molar-refractivity contribution in [2.45, 2.75) is 34.2 Å². The quantitative estimate of drug-likeness (QED) is 0.309. The van der Waals surface area contributed by atoms with E-state index in [1.54, 1.807) is 69.8 Å². The van der Waals surface area contributed by atoms with E-state index in [0.717, 1.165) is 5.56 Å². The van der Waals surface area contributed by atoms with Gasteiger partial charge in [0.15, 0.2) is 0 Å². The van der Waals surface area contributed by atoms with E-state index in [0.29, 0.717) is 46.4 Å². The molecule has 0 saturated carbocycles. The van der Waals surface area contributed by atoms with Gasteiger partial charge >= 0.3 is 0 Å². The number of benzene rings is 1. The fourth-order valence-electron chi connectivity index (χ4n) is 3.15. The van der Waals surface area contributed by atoms with Crippen molar-refractivity contribution in [2.75, 3.05) is 19.5 Å². The molecule has 0 aliphatic rings. The molecule has 0 aliphatic carbocycles. The first kappa shape index (κ1) is 28.7. The Morgan fingerprint density at radius 3 is 2.54 bits per heavy atom. The Bertz CT molecular complexity index is 1250. The van der Waals surface area contributed by atoms with E-state index in [2.05, 4.69) is 25.6 Å². The predicted molar refractivity (Wildman–Crippen MR) is 146 cm³/mol. The molecule has 0 unspecified atom stereocenters. The number of methoxy groups -OCH3 is 1. The zero-order valence-electron chi connectivity index (χ0n) is 22.0. The number of allylic oxidation sites excluding steroid dienone is 1. The van der Waals surface area contributed by atoms with E-state index in [9.17, 15) is 9.59 Å². The molecule has 0 bridgehead atoms. The van der Waals surface area contributed by atoms with Gasteiger partial charge in [0.2, 0.25) is 5.88 Å². The lowest BCUT2D eigenvalue weighted by Crippen LogP contribution is -2.23. The molecule has 2 aromatic heterocycles. The fraction of sp³-hybridized carbons (Fsp3) is 0.250. The van der Waals surface area contributed by atoms with Crippen molar-refractivity contribution in [1.29, 1.82) is 0 Å². The summed E-state index contributed by atoms with van der Waals surface area (Å²) in [4.78, 5) is 37.4. The van der Waals surface area contributed by atoms with Crippen LogP contribution < -0.4 is 20.1 Å². The highest BCUT2D eigenvalue weighted by atomic mass is 16.5. The highest BCUT2D eigenvalue weighted by molar-refractivity contribution is 6.17. The molecular weight excluding hydrogens is 470 g/mol. The van der Waals surface area contributed by atoms with Crippen molar-refractivity contribution < 1.29 is 19.1 Å². The molecule has 0 saturated heterocycles. The zero-order valence-corrected chi connectivity index (χ0v) is 22.0. The number of pyridine rings is 2. The van der Waals surface area contributed by atoms with Gasteiger partial charge in [-0.3, -0.25) is 14.6 Å². The van der Waals surface area contributed by atoms with Crippen LogP contribution in [0.1, 0.15) is 42.3 Å². The SMILES string of the molecule is C/C=C(\C=NC)C(=O)Nc1cc(Oc2cccc(C(=O)NCc3ccc(OC)nc3)c2C)ccn1.CC. The molecule has 1 aromatic carbocycles. The summed E-state index contributed by atoms with van der Waals surface area (Å²) < 4.78 is 11.1. The molecule has 0 spiro atoms. The van der Waals surface area contributed by atoms with Crippen LogP contribution in [-0.4, -0.2) is 42.2 Å². The normalized spacial score (nSPS) is 10.8.